The van der Waals surface area contributed by atoms with Crippen LogP contribution in [0, 0.1) is 17.3 Å². The molecule has 110 valence electrons. The fraction of sp³-hybridized carbons (Fsp3) is 0.684. The third-order valence-corrected chi connectivity index (χ3v) is 5.74. The monoisotopic (exact) mass is 271 g/mol. The summed E-state index contributed by atoms with van der Waals surface area (Å²) in [5, 5.41) is 3.84. The van der Waals surface area contributed by atoms with E-state index in [1.165, 1.54) is 25.7 Å². The number of benzene rings is 1. The first-order chi connectivity index (χ1) is 9.63. The summed E-state index contributed by atoms with van der Waals surface area (Å²) < 4.78 is 0. The van der Waals surface area contributed by atoms with Gasteiger partial charge in [0, 0.05) is 6.04 Å². The minimum Gasteiger partial charge on any atom is -0.314 e. The quantitative estimate of drug-likeness (QED) is 0.825. The lowest BCUT2D eigenvalue weighted by molar-refractivity contribution is 0.182. The fourth-order valence-corrected chi connectivity index (χ4v) is 4.54. The van der Waals surface area contributed by atoms with E-state index in [1.54, 1.807) is 5.56 Å². The topological polar surface area (TPSA) is 12.0 Å². The molecule has 0 saturated heterocycles. The van der Waals surface area contributed by atoms with Gasteiger partial charge in [-0.25, -0.2) is 0 Å². The van der Waals surface area contributed by atoms with E-state index in [1.807, 2.05) is 0 Å². The molecule has 0 amide bonds. The summed E-state index contributed by atoms with van der Waals surface area (Å²) in [4.78, 5) is 0. The van der Waals surface area contributed by atoms with Gasteiger partial charge in [0.2, 0.25) is 0 Å². The van der Waals surface area contributed by atoms with Crippen LogP contribution in [-0.4, -0.2) is 12.6 Å². The summed E-state index contributed by atoms with van der Waals surface area (Å²) in [7, 11) is 0. The molecule has 0 aromatic heterocycles. The molecule has 0 bridgehead atoms. The minimum absolute atomic E-state index is 0.524. The highest BCUT2D eigenvalue weighted by Crippen LogP contribution is 2.55. The van der Waals surface area contributed by atoms with Crippen LogP contribution in [-0.2, 0) is 0 Å². The van der Waals surface area contributed by atoms with Crippen molar-refractivity contribution in [1.82, 2.24) is 5.32 Å². The molecule has 0 spiro atoms. The van der Waals surface area contributed by atoms with Crippen LogP contribution in [0.5, 0.6) is 0 Å². The molecule has 1 heteroatoms. The molecule has 20 heavy (non-hydrogen) atoms. The van der Waals surface area contributed by atoms with Crippen molar-refractivity contribution >= 4 is 0 Å². The van der Waals surface area contributed by atoms with Gasteiger partial charge in [-0.3, -0.25) is 0 Å². The van der Waals surface area contributed by atoms with Crippen molar-refractivity contribution in [2.75, 3.05) is 6.54 Å². The average molecular weight is 271 g/mol. The first-order valence-corrected chi connectivity index (χ1v) is 8.42. The largest absolute Gasteiger partial charge is 0.314 e. The van der Waals surface area contributed by atoms with Crippen LogP contribution in [0.15, 0.2) is 30.3 Å². The molecular formula is C19H29N. The highest BCUT2D eigenvalue weighted by molar-refractivity contribution is 5.27. The molecule has 0 aliphatic heterocycles. The van der Waals surface area contributed by atoms with E-state index < -0.39 is 0 Å². The number of hydrogen-bond donors (Lipinski definition) is 1. The Morgan fingerprint density at radius 3 is 2.60 bits per heavy atom. The zero-order valence-electron chi connectivity index (χ0n) is 13.2. The third-order valence-electron chi connectivity index (χ3n) is 5.74. The summed E-state index contributed by atoms with van der Waals surface area (Å²) in [5.74, 6) is 2.53. The molecule has 0 radical (unpaired) electrons. The van der Waals surface area contributed by atoms with Crippen LogP contribution in [0.3, 0.4) is 0 Å². The Morgan fingerprint density at radius 2 is 2.00 bits per heavy atom. The fourth-order valence-electron chi connectivity index (χ4n) is 4.54. The molecule has 1 aromatic carbocycles. The van der Waals surface area contributed by atoms with Crippen molar-refractivity contribution in [3.05, 3.63) is 35.9 Å². The van der Waals surface area contributed by atoms with E-state index >= 15 is 0 Å². The van der Waals surface area contributed by atoms with Crippen molar-refractivity contribution < 1.29 is 0 Å². The Morgan fingerprint density at radius 1 is 1.25 bits per heavy atom. The van der Waals surface area contributed by atoms with Gasteiger partial charge in [0.05, 0.1) is 0 Å². The van der Waals surface area contributed by atoms with Crippen molar-refractivity contribution in [3.63, 3.8) is 0 Å². The summed E-state index contributed by atoms with van der Waals surface area (Å²) >= 11 is 0. The van der Waals surface area contributed by atoms with Gasteiger partial charge >= 0.3 is 0 Å². The van der Waals surface area contributed by atoms with E-state index in [4.69, 9.17) is 0 Å². The first kappa shape index (κ1) is 14.1. The predicted molar refractivity (Wildman–Crippen MR) is 85.9 cm³/mol. The van der Waals surface area contributed by atoms with Crippen LogP contribution >= 0.6 is 0 Å². The van der Waals surface area contributed by atoms with Crippen molar-refractivity contribution in [3.8, 4) is 0 Å². The van der Waals surface area contributed by atoms with Crippen LogP contribution in [0.4, 0.5) is 0 Å². The molecule has 4 unspecified atom stereocenters. The summed E-state index contributed by atoms with van der Waals surface area (Å²) in [6.45, 7) is 8.33. The van der Waals surface area contributed by atoms with E-state index in [9.17, 15) is 0 Å². The van der Waals surface area contributed by atoms with Gasteiger partial charge in [-0.2, -0.15) is 0 Å². The Balaban J connectivity index is 1.73. The summed E-state index contributed by atoms with van der Waals surface area (Å²) in [6, 6.07) is 11.9. The third kappa shape index (κ3) is 2.65. The predicted octanol–water partition coefficient (Wildman–Crippen LogP) is 4.59. The van der Waals surface area contributed by atoms with Gasteiger partial charge in [-0.05, 0) is 54.5 Å². The smallest absolute Gasteiger partial charge is 0.0135 e. The van der Waals surface area contributed by atoms with Gasteiger partial charge in [0.25, 0.3) is 0 Å². The molecular weight excluding hydrogens is 242 g/mol. The minimum atomic E-state index is 0.524. The van der Waals surface area contributed by atoms with Gasteiger partial charge in [-0.1, -0.05) is 57.5 Å². The SMILES string of the molecule is CCNC(C1CC1c1ccccc1)C1CCCC1(C)C. The van der Waals surface area contributed by atoms with Crippen molar-refractivity contribution in [1.29, 1.82) is 0 Å². The maximum absolute atomic E-state index is 3.84. The molecule has 2 saturated carbocycles. The summed E-state index contributed by atoms with van der Waals surface area (Å²) in [6.07, 6.45) is 5.63. The second kappa shape index (κ2) is 5.52. The molecule has 1 N–H and O–H groups in total. The number of nitrogens with one attached hydrogen (secondary N) is 1. The Kier molecular flexibility index (Phi) is 3.90. The molecule has 4 atom stereocenters. The second-order valence-corrected chi connectivity index (χ2v) is 7.49. The maximum Gasteiger partial charge on any atom is 0.0135 e. The lowest BCUT2D eigenvalue weighted by Crippen LogP contribution is -2.42. The normalized spacial score (nSPS) is 33.0. The molecule has 1 aromatic rings. The van der Waals surface area contributed by atoms with E-state index in [0.29, 0.717) is 5.41 Å². The lowest BCUT2D eigenvalue weighted by Gasteiger charge is -2.35. The van der Waals surface area contributed by atoms with Crippen LogP contribution in [0.2, 0.25) is 0 Å². The first-order valence-electron chi connectivity index (χ1n) is 8.42. The average Bonchev–Trinajstić information content (AvgIpc) is 3.15. The molecule has 2 fully saturated rings. The van der Waals surface area contributed by atoms with Crippen molar-refractivity contribution in [2.45, 2.75) is 58.4 Å². The highest BCUT2D eigenvalue weighted by Gasteiger charge is 2.50. The number of rotatable bonds is 5. The second-order valence-electron chi connectivity index (χ2n) is 7.49. The van der Waals surface area contributed by atoms with E-state index in [2.05, 4.69) is 56.4 Å². The molecule has 2 aliphatic carbocycles. The molecule has 1 nitrogen and oxygen atoms in total. The van der Waals surface area contributed by atoms with E-state index in [0.717, 1.165) is 30.3 Å². The van der Waals surface area contributed by atoms with Gasteiger partial charge < -0.3 is 5.32 Å². The Hall–Kier alpha value is -0.820. The molecule has 2 aliphatic rings. The van der Waals surface area contributed by atoms with Gasteiger partial charge in [0.15, 0.2) is 0 Å². The summed E-state index contributed by atoms with van der Waals surface area (Å²) in [5.41, 5.74) is 2.08. The molecule has 3 rings (SSSR count). The maximum atomic E-state index is 3.84. The number of hydrogen-bond acceptors (Lipinski definition) is 1. The zero-order chi connectivity index (χ0) is 14.2. The Bertz CT molecular complexity index is 436. The molecule has 0 heterocycles. The van der Waals surface area contributed by atoms with Gasteiger partial charge in [0.1, 0.15) is 0 Å². The van der Waals surface area contributed by atoms with Crippen molar-refractivity contribution in [2.24, 2.45) is 17.3 Å². The highest BCUT2D eigenvalue weighted by atomic mass is 14.9. The Labute approximate surface area is 124 Å². The van der Waals surface area contributed by atoms with Crippen LogP contribution in [0.25, 0.3) is 0 Å². The standard InChI is InChI=1S/C19H29N/c1-4-20-18(17-11-8-12-19(17,2)3)16-13-15(16)14-9-6-5-7-10-14/h5-7,9-10,15-18,20H,4,8,11-13H2,1-3H3. The lowest BCUT2D eigenvalue weighted by atomic mass is 9.75. The van der Waals surface area contributed by atoms with Crippen LogP contribution < -0.4 is 5.32 Å². The zero-order valence-corrected chi connectivity index (χ0v) is 13.2. The van der Waals surface area contributed by atoms with Gasteiger partial charge in [-0.15, -0.1) is 0 Å². The van der Waals surface area contributed by atoms with Crippen LogP contribution in [0.1, 0.15) is 57.9 Å². The van der Waals surface area contributed by atoms with E-state index in [-0.39, 0.29) is 0 Å².